The summed E-state index contributed by atoms with van der Waals surface area (Å²) in [4.78, 5) is 5.29. The molecule has 1 aromatic carbocycles. The first-order valence-electron chi connectivity index (χ1n) is 7.11. The number of hydrogen-bond donors (Lipinski definition) is 0. The predicted molar refractivity (Wildman–Crippen MR) is 79.9 cm³/mol. The van der Waals surface area contributed by atoms with Crippen LogP contribution in [0, 0.1) is 0 Å². The Labute approximate surface area is 118 Å². The third-order valence-electron chi connectivity index (χ3n) is 4.17. The lowest BCUT2D eigenvalue weighted by molar-refractivity contribution is 0.201. The van der Waals surface area contributed by atoms with Crippen molar-refractivity contribution < 1.29 is 0 Å². The van der Waals surface area contributed by atoms with Gasteiger partial charge < -0.3 is 4.90 Å². The first-order valence-corrected chi connectivity index (χ1v) is 7.90. The standard InChI is InChI=1S/C15H21BrN2/c16-13-6-5-7-14(12-13)18-11-2-1-8-15(18)17-9-3-4-10-17/h5-7,12,15H,1-4,8-11H2. The van der Waals surface area contributed by atoms with E-state index in [1.807, 2.05) is 0 Å². The van der Waals surface area contributed by atoms with Crippen LogP contribution in [0.4, 0.5) is 5.69 Å². The third kappa shape index (κ3) is 2.57. The molecule has 0 saturated carbocycles. The van der Waals surface area contributed by atoms with Gasteiger partial charge in [0.15, 0.2) is 0 Å². The van der Waals surface area contributed by atoms with E-state index in [0.29, 0.717) is 6.17 Å². The molecule has 3 rings (SSSR count). The molecule has 1 atom stereocenters. The van der Waals surface area contributed by atoms with E-state index in [4.69, 9.17) is 0 Å². The number of nitrogens with zero attached hydrogens (tertiary/aromatic N) is 2. The van der Waals surface area contributed by atoms with Crippen molar-refractivity contribution in [2.45, 2.75) is 38.3 Å². The van der Waals surface area contributed by atoms with Crippen LogP contribution >= 0.6 is 15.9 Å². The molecule has 2 fully saturated rings. The fourth-order valence-corrected chi connectivity index (χ4v) is 3.68. The minimum absolute atomic E-state index is 0.635. The zero-order valence-electron chi connectivity index (χ0n) is 10.8. The van der Waals surface area contributed by atoms with Gasteiger partial charge in [-0.3, -0.25) is 4.90 Å². The Morgan fingerprint density at radius 3 is 2.56 bits per heavy atom. The van der Waals surface area contributed by atoms with Crippen molar-refractivity contribution in [3.05, 3.63) is 28.7 Å². The molecule has 2 nitrogen and oxygen atoms in total. The molecule has 0 radical (unpaired) electrons. The van der Waals surface area contributed by atoms with Crippen LogP contribution in [0.25, 0.3) is 0 Å². The quantitative estimate of drug-likeness (QED) is 0.818. The van der Waals surface area contributed by atoms with Crippen LogP contribution < -0.4 is 4.90 Å². The number of hydrogen-bond acceptors (Lipinski definition) is 2. The van der Waals surface area contributed by atoms with E-state index in [0.717, 1.165) is 0 Å². The fourth-order valence-electron chi connectivity index (χ4n) is 3.29. The predicted octanol–water partition coefficient (Wildman–Crippen LogP) is 3.86. The van der Waals surface area contributed by atoms with Crippen molar-refractivity contribution in [2.24, 2.45) is 0 Å². The van der Waals surface area contributed by atoms with Gasteiger partial charge in [-0.05, 0) is 50.3 Å². The van der Waals surface area contributed by atoms with Crippen LogP contribution in [0.15, 0.2) is 28.7 Å². The smallest absolute Gasteiger partial charge is 0.0820 e. The van der Waals surface area contributed by atoms with Crippen molar-refractivity contribution in [1.82, 2.24) is 4.90 Å². The van der Waals surface area contributed by atoms with Crippen LogP contribution in [0.2, 0.25) is 0 Å². The zero-order valence-corrected chi connectivity index (χ0v) is 12.4. The number of benzene rings is 1. The van der Waals surface area contributed by atoms with E-state index in [2.05, 4.69) is 50.0 Å². The molecule has 2 aliphatic heterocycles. The van der Waals surface area contributed by atoms with E-state index in [1.54, 1.807) is 0 Å². The van der Waals surface area contributed by atoms with Crippen molar-refractivity contribution in [3.63, 3.8) is 0 Å². The van der Waals surface area contributed by atoms with Crippen LogP contribution in [-0.2, 0) is 0 Å². The van der Waals surface area contributed by atoms with Gasteiger partial charge in [0.05, 0.1) is 6.17 Å². The molecule has 18 heavy (non-hydrogen) atoms. The molecule has 98 valence electrons. The Kier molecular flexibility index (Phi) is 3.90. The number of anilines is 1. The second-order valence-electron chi connectivity index (χ2n) is 5.39. The normalized spacial score (nSPS) is 25.6. The van der Waals surface area contributed by atoms with Gasteiger partial charge in [-0.25, -0.2) is 0 Å². The van der Waals surface area contributed by atoms with E-state index in [-0.39, 0.29) is 0 Å². The van der Waals surface area contributed by atoms with Gasteiger partial charge in [-0.2, -0.15) is 0 Å². The Morgan fingerprint density at radius 2 is 1.78 bits per heavy atom. The lowest BCUT2D eigenvalue weighted by Crippen LogP contribution is -2.50. The molecule has 0 bridgehead atoms. The summed E-state index contributed by atoms with van der Waals surface area (Å²) in [6.07, 6.45) is 7.43. The summed E-state index contributed by atoms with van der Waals surface area (Å²) in [6.45, 7) is 3.78. The Balaban J connectivity index is 1.82. The molecule has 1 aromatic rings. The molecule has 2 aliphatic rings. The van der Waals surface area contributed by atoms with Gasteiger partial charge in [0, 0.05) is 29.8 Å². The summed E-state index contributed by atoms with van der Waals surface area (Å²) < 4.78 is 1.19. The summed E-state index contributed by atoms with van der Waals surface area (Å²) in [6, 6.07) is 8.76. The van der Waals surface area contributed by atoms with Gasteiger partial charge in [0.1, 0.15) is 0 Å². The number of halogens is 1. The van der Waals surface area contributed by atoms with Crippen molar-refractivity contribution in [1.29, 1.82) is 0 Å². The summed E-state index contributed by atoms with van der Waals surface area (Å²) >= 11 is 3.59. The lowest BCUT2D eigenvalue weighted by atomic mass is 10.1. The Morgan fingerprint density at radius 1 is 1.00 bits per heavy atom. The molecule has 0 amide bonds. The highest BCUT2D eigenvalue weighted by atomic mass is 79.9. The third-order valence-corrected chi connectivity index (χ3v) is 4.67. The number of rotatable bonds is 2. The molecule has 0 N–H and O–H groups in total. The van der Waals surface area contributed by atoms with Gasteiger partial charge in [-0.1, -0.05) is 22.0 Å². The topological polar surface area (TPSA) is 6.48 Å². The van der Waals surface area contributed by atoms with Gasteiger partial charge in [0.2, 0.25) is 0 Å². The van der Waals surface area contributed by atoms with Crippen LogP contribution in [0.5, 0.6) is 0 Å². The Hall–Kier alpha value is -0.540. The largest absolute Gasteiger partial charge is 0.356 e. The monoisotopic (exact) mass is 308 g/mol. The fraction of sp³-hybridized carbons (Fsp3) is 0.600. The van der Waals surface area contributed by atoms with Crippen molar-refractivity contribution in [3.8, 4) is 0 Å². The highest BCUT2D eigenvalue weighted by Crippen LogP contribution is 2.30. The number of piperidine rings is 1. The van der Waals surface area contributed by atoms with Crippen LogP contribution in [0.1, 0.15) is 32.1 Å². The maximum atomic E-state index is 3.59. The summed E-state index contributed by atoms with van der Waals surface area (Å²) in [5.41, 5.74) is 1.38. The molecular formula is C15H21BrN2. The molecule has 2 saturated heterocycles. The average Bonchev–Trinajstić information content (AvgIpc) is 2.92. The zero-order chi connectivity index (χ0) is 12.4. The average molecular weight is 309 g/mol. The highest BCUT2D eigenvalue weighted by Gasteiger charge is 2.29. The molecule has 0 spiro atoms. The highest BCUT2D eigenvalue weighted by molar-refractivity contribution is 9.10. The second kappa shape index (κ2) is 5.62. The summed E-state index contributed by atoms with van der Waals surface area (Å²) in [7, 11) is 0. The number of likely N-dealkylation sites (tertiary alicyclic amines) is 1. The lowest BCUT2D eigenvalue weighted by Gasteiger charge is -2.42. The first-order chi connectivity index (χ1) is 8.84. The minimum Gasteiger partial charge on any atom is -0.356 e. The van der Waals surface area contributed by atoms with E-state index in [9.17, 15) is 0 Å². The molecular weight excluding hydrogens is 288 g/mol. The SMILES string of the molecule is Brc1cccc(N2CCCCC2N2CCCC2)c1. The minimum atomic E-state index is 0.635. The van der Waals surface area contributed by atoms with Gasteiger partial charge in [-0.15, -0.1) is 0 Å². The maximum Gasteiger partial charge on any atom is 0.0820 e. The molecule has 1 unspecified atom stereocenters. The van der Waals surface area contributed by atoms with E-state index < -0.39 is 0 Å². The van der Waals surface area contributed by atoms with Gasteiger partial charge >= 0.3 is 0 Å². The molecule has 2 heterocycles. The summed E-state index contributed by atoms with van der Waals surface area (Å²) in [5.74, 6) is 0. The van der Waals surface area contributed by atoms with Gasteiger partial charge in [0.25, 0.3) is 0 Å². The molecule has 3 heteroatoms. The van der Waals surface area contributed by atoms with Crippen molar-refractivity contribution >= 4 is 21.6 Å². The van der Waals surface area contributed by atoms with Crippen molar-refractivity contribution in [2.75, 3.05) is 24.5 Å². The second-order valence-corrected chi connectivity index (χ2v) is 6.31. The molecule has 0 aromatic heterocycles. The van der Waals surface area contributed by atoms with E-state index in [1.165, 1.54) is 61.9 Å². The summed E-state index contributed by atoms with van der Waals surface area (Å²) in [5, 5.41) is 0. The Bertz CT molecular complexity index is 401. The van der Waals surface area contributed by atoms with Crippen LogP contribution in [-0.4, -0.2) is 30.7 Å². The molecule has 0 aliphatic carbocycles. The van der Waals surface area contributed by atoms with E-state index >= 15 is 0 Å². The van der Waals surface area contributed by atoms with Crippen LogP contribution in [0.3, 0.4) is 0 Å². The first kappa shape index (κ1) is 12.5. The maximum absolute atomic E-state index is 3.59.